The lowest BCUT2D eigenvalue weighted by molar-refractivity contribution is 0.589. The number of rotatable bonds is 5. The zero-order chi connectivity index (χ0) is 15.4. The number of likely N-dealkylation sites (N-methyl/N-ethyl adjacent to an activating group) is 1. The molecule has 0 amide bonds. The van der Waals surface area contributed by atoms with E-state index >= 15 is 0 Å². The van der Waals surface area contributed by atoms with Crippen molar-refractivity contribution in [3.8, 4) is 0 Å². The molecular formula is C19H26N2. The van der Waals surface area contributed by atoms with Crippen LogP contribution in [0.2, 0.25) is 0 Å². The van der Waals surface area contributed by atoms with Gasteiger partial charge in [-0.1, -0.05) is 30.3 Å². The fraction of sp³-hybridized carbons (Fsp3) is 0.368. The van der Waals surface area contributed by atoms with Crippen LogP contribution in [0.25, 0.3) is 0 Å². The smallest absolute Gasteiger partial charge is 0.0361 e. The normalized spacial score (nSPS) is 12.2. The SMILES string of the molecule is CNC(Cc1c(C)cccc1C)c1ccc(N(C)C)cc1. The average molecular weight is 282 g/mol. The highest BCUT2D eigenvalue weighted by atomic mass is 15.1. The summed E-state index contributed by atoms with van der Waals surface area (Å²) in [6.07, 6.45) is 1.02. The molecule has 2 nitrogen and oxygen atoms in total. The maximum Gasteiger partial charge on any atom is 0.0361 e. The summed E-state index contributed by atoms with van der Waals surface area (Å²) < 4.78 is 0. The average Bonchev–Trinajstić information content (AvgIpc) is 2.47. The van der Waals surface area contributed by atoms with Gasteiger partial charge in [-0.15, -0.1) is 0 Å². The summed E-state index contributed by atoms with van der Waals surface area (Å²) in [5, 5.41) is 3.46. The Morgan fingerprint density at radius 1 is 0.952 bits per heavy atom. The second-order valence-electron chi connectivity index (χ2n) is 5.90. The Hall–Kier alpha value is -1.80. The van der Waals surface area contributed by atoms with E-state index in [1.807, 2.05) is 7.05 Å². The Bertz CT molecular complexity index is 565. The quantitative estimate of drug-likeness (QED) is 0.895. The first-order valence-electron chi connectivity index (χ1n) is 7.52. The van der Waals surface area contributed by atoms with Gasteiger partial charge in [0.2, 0.25) is 0 Å². The van der Waals surface area contributed by atoms with Crippen LogP contribution in [0.15, 0.2) is 42.5 Å². The van der Waals surface area contributed by atoms with E-state index in [0.29, 0.717) is 6.04 Å². The number of nitrogens with one attached hydrogen (secondary N) is 1. The number of hydrogen-bond acceptors (Lipinski definition) is 2. The van der Waals surface area contributed by atoms with Gasteiger partial charge in [-0.05, 0) is 61.7 Å². The van der Waals surface area contributed by atoms with Gasteiger partial charge in [0, 0.05) is 25.8 Å². The van der Waals surface area contributed by atoms with Crippen molar-refractivity contribution in [2.24, 2.45) is 0 Å². The lowest BCUT2D eigenvalue weighted by Gasteiger charge is -2.21. The van der Waals surface area contributed by atoms with Crippen LogP contribution in [0.1, 0.15) is 28.3 Å². The molecule has 2 aromatic rings. The molecule has 0 aliphatic rings. The molecule has 2 rings (SSSR count). The van der Waals surface area contributed by atoms with Gasteiger partial charge < -0.3 is 10.2 Å². The lowest BCUT2D eigenvalue weighted by atomic mass is 9.93. The first kappa shape index (κ1) is 15.6. The summed E-state index contributed by atoms with van der Waals surface area (Å²) in [6.45, 7) is 4.40. The predicted molar refractivity (Wildman–Crippen MR) is 92.2 cm³/mol. The highest BCUT2D eigenvalue weighted by Gasteiger charge is 2.13. The van der Waals surface area contributed by atoms with E-state index in [4.69, 9.17) is 0 Å². The number of benzene rings is 2. The maximum atomic E-state index is 3.46. The van der Waals surface area contributed by atoms with Gasteiger partial charge in [-0.25, -0.2) is 0 Å². The van der Waals surface area contributed by atoms with Crippen molar-refractivity contribution in [3.63, 3.8) is 0 Å². The van der Waals surface area contributed by atoms with E-state index in [1.54, 1.807) is 0 Å². The first-order valence-corrected chi connectivity index (χ1v) is 7.52. The Morgan fingerprint density at radius 2 is 1.52 bits per heavy atom. The predicted octanol–water partition coefficient (Wildman–Crippen LogP) is 3.87. The van der Waals surface area contributed by atoms with Crippen molar-refractivity contribution in [2.75, 3.05) is 26.0 Å². The third-order valence-corrected chi connectivity index (χ3v) is 4.21. The van der Waals surface area contributed by atoms with Gasteiger partial charge in [0.25, 0.3) is 0 Å². The lowest BCUT2D eigenvalue weighted by Crippen LogP contribution is -2.20. The van der Waals surface area contributed by atoms with Gasteiger partial charge in [0.05, 0.1) is 0 Å². The summed E-state index contributed by atoms with van der Waals surface area (Å²) in [4.78, 5) is 2.13. The third kappa shape index (κ3) is 3.64. The summed E-state index contributed by atoms with van der Waals surface area (Å²) in [5.74, 6) is 0. The topological polar surface area (TPSA) is 15.3 Å². The van der Waals surface area contributed by atoms with Gasteiger partial charge in [0.15, 0.2) is 0 Å². The summed E-state index contributed by atoms with van der Waals surface area (Å²) in [5.41, 5.74) is 6.78. The van der Waals surface area contributed by atoms with Crippen molar-refractivity contribution in [3.05, 3.63) is 64.7 Å². The standard InChI is InChI=1S/C19H26N2/c1-14-7-6-8-15(2)18(14)13-19(20-3)16-9-11-17(12-10-16)21(4)5/h6-12,19-20H,13H2,1-5H3. The van der Waals surface area contributed by atoms with E-state index in [0.717, 1.165) is 6.42 Å². The first-order chi connectivity index (χ1) is 10.0. The van der Waals surface area contributed by atoms with E-state index in [1.165, 1.54) is 27.9 Å². The molecule has 0 aliphatic carbocycles. The summed E-state index contributed by atoms with van der Waals surface area (Å²) in [7, 11) is 6.18. The van der Waals surface area contributed by atoms with Crippen LogP contribution in [0.4, 0.5) is 5.69 Å². The molecule has 1 N–H and O–H groups in total. The van der Waals surface area contributed by atoms with Crippen molar-refractivity contribution >= 4 is 5.69 Å². The minimum atomic E-state index is 0.348. The zero-order valence-corrected chi connectivity index (χ0v) is 13.8. The monoisotopic (exact) mass is 282 g/mol. The maximum absolute atomic E-state index is 3.46. The molecule has 0 saturated carbocycles. The van der Waals surface area contributed by atoms with Crippen LogP contribution in [0, 0.1) is 13.8 Å². The molecule has 0 spiro atoms. The largest absolute Gasteiger partial charge is 0.378 e. The van der Waals surface area contributed by atoms with Crippen molar-refractivity contribution < 1.29 is 0 Å². The van der Waals surface area contributed by atoms with Gasteiger partial charge in [-0.2, -0.15) is 0 Å². The summed E-state index contributed by atoms with van der Waals surface area (Å²) in [6, 6.07) is 15.7. The van der Waals surface area contributed by atoms with Crippen LogP contribution in [-0.2, 0) is 6.42 Å². The molecule has 0 aromatic heterocycles. The molecule has 0 saturated heterocycles. The number of aryl methyl sites for hydroxylation is 2. The molecule has 112 valence electrons. The Morgan fingerprint density at radius 3 is 2.00 bits per heavy atom. The number of anilines is 1. The summed E-state index contributed by atoms with van der Waals surface area (Å²) >= 11 is 0. The van der Waals surface area contributed by atoms with E-state index < -0.39 is 0 Å². The van der Waals surface area contributed by atoms with Crippen LogP contribution >= 0.6 is 0 Å². The second-order valence-corrected chi connectivity index (χ2v) is 5.90. The third-order valence-electron chi connectivity index (χ3n) is 4.21. The highest BCUT2D eigenvalue weighted by molar-refractivity contribution is 5.47. The molecule has 0 aliphatic heterocycles. The van der Waals surface area contributed by atoms with Crippen LogP contribution in [0.5, 0.6) is 0 Å². The fourth-order valence-electron chi connectivity index (χ4n) is 2.77. The molecule has 0 heterocycles. The molecule has 2 aromatic carbocycles. The molecule has 0 bridgehead atoms. The Labute approximate surface area is 128 Å². The van der Waals surface area contributed by atoms with Gasteiger partial charge >= 0.3 is 0 Å². The fourth-order valence-corrected chi connectivity index (χ4v) is 2.77. The molecule has 2 heteroatoms. The Kier molecular flexibility index (Phi) is 5.03. The van der Waals surface area contributed by atoms with Crippen molar-refractivity contribution in [1.29, 1.82) is 0 Å². The number of nitrogens with zero attached hydrogens (tertiary/aromatic N) is 1. The van der Waals surface area contributed by atoms with Crippen molar-refractivity contribution in [1.82, 2.24) is 5.32 Å². The van der Waals surface area contributed by atoms with Crippen LogP contribution in [0.3, 0.4) is 0 Å². The van der Waals surface area contributed by atoms with E-state index in [2.05, 4.69) is 80.6 Å². The number of hydrogen-bond donors (Lipinski definition) is 1. The minimum absolute atomic E-state index is 0.348. The van der Waals surface area contributed by atoms with Gasteiger partial charge in [-0.3, -0.25) is 0 Å². The second kappa shape index (κ2) is 6.77. The molecule has 0 radical (unpaired) electrons. The molecule has 1 unspecified atom stereocenters. The molecular weight excluding hydrogens is 256 g/mol. The Balaban J connectivity index is 2.24. The van der Waals surface area contributed by atoms with Crippen LogP contribution < -0.4 is 10.2 Å². The van der Waals surface area contributed by atoms with Gasteiger partial charge in [0.1, 0.15) is 0 Å². The molecule has 1 atom stereocenters. The van der Waals surface area contributed by atoms with Crippen LogP contribution in [-0.4, -0.2) is 21.1 Å². The minimum Gasteiger partial charge on any atom is -0.378 e. The molecule has 21 heavy (non-hydrogen) atoms. The van der Waals surface area contributed by atoms with Crippen molar-refractivity contribution in [2.45, 2.75) is 26.3 Å². The zero-order valence-electron chi connectivity index (χ0n) is 13.8. The van der Waals surface area contributed by atoms with E-state index in [-0.39, 0.29) is 0 Å². The highest BCUT2D eigenvalue weighted by Crippen LogP contribution is 2.24. The van der Waals surface area contributed by atoms with E-state index in [9.17, 15) is 0 Å². The molecule has 0 fully saturated rings.